The summed E-state index contributed by atoms with van der Waals surface area (Å²) in [7, 11) is 0. The van der Waals surface area contributed by atoms with Gasteiger partial charge in [0.05, 0.1) is 22.1 Å². The summed E-state index contributed by atoms with van der Waals surface area (Å²) < 4.78 is 13.9. The number of aromatic nitrogens is 2. The van der Waals surface area contributed by atoms with E-state index in [1.165, 1.54) is 75.0 Å². The average Bonchev–Trinajstić information content (AvgIpc) is 3.95. The van der Waals surface area contributed by atoms with E-state index in [1.807, 2.05) is 17.4 Å². The van der Waals surface area contributed by atoms with Crippen LogP contribution in [0.2, 0.25) is 0 Å². The molecule has 0 atom stereocenters. The minimum atomic E-state index is 0.922. The minimum Gasteiger partial charge on any atom is -0.455 e. The average molecular weight is 681 g/mol. The second kappa shape index (κ2) is 10.5. The molecule has 0 radical (unpaired) electrons. The van der Waals surface area contributed by atoms with Crippen LogP contribution < -0.4 is 0 Å². The van der Waals surface area contributed by atoms with Gasteiger partial charge >= 0.3 is 0 Å². The molecule has 8 aromatic carbocycles. The summed E-state index contributed by atoms with van der Waals surface area (Å²) >= 11 is 1.86. The van der Waals surface area contributed by atoms with Crippen LogP contribution >= 0.6 is 11.3 Å². The fourth-order valence-corrected chi connectivity index (χ4v) is 9.87. The maximum atomic E-state index is 6.49. The third kappa shape index (κ3) is 3.79. The van der Waals surface area contributed by atoms with Gasteiger partial charge in [0, 0.05) is 75.0 Å². The Hall–Kier alpha value is -6.62. The van der Waals surface area contributed by atoms with Crippen LogP contribution in [0.3, 0.4) is 0 Å². The molecule has 0 N–H and O–H groups in total. The fourth-order valence-electron chi connectivity index (χ4n) is 8.66. The number of hydrogen-bond acceptors (Lipinski definition) is 2. The lowest BCUT2D eigenvalue weighted by molar-refractivity contribution is 0.670. The van der Waals surface area contributed by atoms with Crippen molar-refractivity contribution in [2.75, 3.05) is 0 Å². The molecule has 0 amide bonds. The molecular weight excluding hydrogens is 653 g/mol. The summed E-state index contributed by atoms with van der Waals surface area (Å²) in [6.07, 6.45) is 0. The van der Waals surface area contributed by atoms with Gasteiger partial charge in [-0.25, -0.2) is 0 Å². The second-order valence-corrected chi connectivity index (χ2v) is 14.7. The van der Waals surface area contributed by atoms with Crippen molar-refractivity contribution in [1.29, 1.82) is 0 Å². The Labute approximate surface area is 301 Å². The maximum absolute atomic E-state index is 6.49. The first-order valence-electron chi connectivity index (χ1n) is 17.7. The second-order valence-electron chi connectivity index (χ2n) is 13.7. The third-order valence-electron chi connectivity index (χ3n) is 10.9. The third-order valence-corrected chi connectivity index (χ3v) is 12.1. The van der Waals surface area contributed by atoms with E-state index in [0.29, 0.717) is 0 Å². The number of hydrogen-bond donors (Lipinski definition) is 0. The zero-order valence-electron chi connectivity index (χ0n) is 27.9. The predicted octanol–water partition coefficient (Wildman–Crippen LogP) is 13.8. The number of benzene rings is 8. The van der Waals surface area contributed by atoms with E-state index in [2.05, 4.69) is 173 Å². The molecule has 0 unspecified atom stereocenters. The SMILES string of the molecule is c1ccc(-n2c3ccccc3c3cc4c(cc32)c2ccccc2n4-c2ccc3sc4c(-c5cccc6c5oc5ccccc56)cccc4c3c2)cc1. The molecule has 12 rings (SSSR count). The standard InChI is InChI=1S/C48H28N2OS/c1-2-12-29(13-3-1)49-41-21-7-4-14-31(41)38-28-44-39(27-43(38)49)32-15-5-8-22-42(32)50(44)30-24-25-46-40(26-30)37-20-11-19-36(48(37)52-46)35-18-10-17-34-33-16-6-9-23-45(33)51-47(34)35/h1-28H. The molecule has 0 fully saturated rings. The first-order chi connectivity index (χ1) is 25.8. The smallest absolute Gasteiger partial charge is 0.143 e. The van der Waals surface area contributed by atoms with E-state index < -0.39 is 0 Å². The molecule has 0 aliphatic heterocycles. The van der Waals surface area contributed by atoms with Crippen LogP contribution in [-0.2, 0) is 0 Å². The number of fused-ring (bicyclic) bond motifs is 12. The van der Waals surface area contributed by atoms with Gasteiger partial charge in [-0.15, -0.1) is 11.3 Å². The van der Waals surface area contributed by atoms with Gasteiger partial charge in [-0.05, 0) is 60.7 Å². The van der Waals surface area contributed by atoms with Gasteiger partial charge in [0.15, 0.2) is 0 Å². The topological polar surface area (TPSA) is 23.0 Å². The molecule has 0 aliphatic rings. The van der Waals surface area contributed by atoms with Crippen LogP contribution in [0.25, 0.3) is 108 Å². The Bertz CT molecular complexity index is 3410. The molecule has 0 aliphatic carbocycles. The molecular formula is C48H28N2OS. The normalized spacial score (nSPS) is 12.2. The zero-order valence-corrected chi connectivity index (χ0v) is 28.7. The Morgan fingerprint density at radius 1 is 0.365 bits per heavy atom. The van der Waals surface area contributed by atoms with Gasteiger partial charge in [0.2, 0.25) is 0 Å². The molecule has 0 saturated heterocycles. The summed E-state index contributed by atoms with van der Waals surface area (Å²) in [5.41, 5.74) is 11.4. The van der Waals surface area contributed by atoms with Crippen LogP contribution in [0.5, 0.6) is 0 Å². The minimum absolute atomic E-state index is 0.922. The van der Waals surface area contributed by atoms with Crippen molar-refractivity contribution in [2.24, 2.45) is 0 Å². The van der Waals surface area contributed by atoms with Crippen molar-refractivity contribution in [2.45, 2.75) is 0 Å². The Morgan fingerprint density at radius 2 is 0.962 bits per heavy atom. The highest BCUT2D eigenvalue weighted by atomic mass is 32.1. The highest BCUT2D eigenvalue weighted by molar-refractivity contribution is 7.26. The summed E-state index contributed by atoms with van der Waals surface area (Å²) in [5, 5.41) is 9.85. The predicted molar refractivity (Wildman–Crippen MR) is 221 cm³/mol. The van der Waals surface area contributed by atoms with Crippen LogP contribution in [0.1, 0.15) is 0 Å². The monoisotopic (exact) mass is 680 g/mol. The number of para-hydroxylation sites is 5. The van der Waals surface area contributed by atoms with Crippen LogP contribution in [0.15, 0.2) is 174 Å². The van der Waals surface area contributed by atoms with Crippen molar-refractivity contribution in [3.8, 4) is 22.5 Å². The van der Waals surface area contributed by atoms with E-state index in [-0.39, 0.29) is 0 Å². The molecule has 4 aromatic heterocycles. The van der Waals surface area contributed by atoms with Gasteiger partial charge < -0.3 is 13.6 Å². The molecule has 12 aromatic rings. The molecule has 0 bridgehead atoms. The van der Waals surface area contributed by atoms with Crippen molar-refractivity contribution in [3.05, 3.63) is 170 Å². The zero-order chi connectivity index (χ0) is 33.9. The van der Waals surface area contributed by atoms with Crippen molar-refractivity contribution in [3.63, 3.8) is 0 Å². The summed E-state index contributed by atoms with van der Waals surface area (Å²) in [5.74, 6) is 0. The van der Waals surface area contributed by atoms with Gasteiger partial charge in [-0.2, -0.15) is 0 Å². The first-order valence-corrected chi connectivity index (χ1v) is 18.5. The van der Waals surface area contributed by atoms with Gasteiger partial charge in [-0.1, -0.05) is 109 Å². The molecule has 4 heteroatoms. The van der Waals surface area contributed by atoms with Crippen molar-refractivity contribution >= 4 is 97.1 Å². The van der Waals surface area contributed by atoms with Crippen LogP contribution in [0, 0.1) is 0 Å². The van der Waals surface area contributed by atoms with Crippen molar-refractivity contribution < 1.29 is 4.42 Å². The molecule has 242 valence electrons. The molecule has 4 heterocycles. The summed E-state index contributed by atoms with van der Waals surface area (Å²) in [6.45, 7) is 0. The van der Waals surface area contributed by atoms with Crippen LogP contribution in [0.4, 0.5) is 0 Å². The molecule has 0 spiro atoms. The summed E-state index contributed by atoms with van der Waals surface area (Å²) in [6, 6.07) is 61.7. The quantitative estimate of drug-likeness (QED) is 0.182. The van der Waals surface area contributed by atoms with E-state index in [4.69, 9.17) is 4.42 Å². The lowest BCUT2D eigenvalue weighted by Gasteiger charge is -2.09. The van der Waals surface area contributed by atoms with E-state index in [9.17, 15) is 0 Å². The van der Waals surface area contributed by atoms with Gasteiger partial charge in [0.25, 0.3) is 0 Å². The Kier molecular flexibility index (Phi) is 5.65. The highest BCUT2D eigenvalue weighted by Gasteiger charge is 2.20. The fraction of sp³-hybridized carbons (Fsp3) is 0. The number of thiophene rings is 1. The highest BCUT2D eigenvalue weighted by Crippen LogP contribution is 2.45. The number of furan rings is 1. The number of rotatable bonds is 3. The molecule has 52 heavy (non-hydrogen) atoms. The van der Waals surface area contributed by atoms with E-state index in [0.717, 1.165) is 33.2 Å². The first kappa shape index (κ1) is 28.1. The molecule has 0 saturated carbocycles. The van der Waals surface area contributed by atoms with E-state index >= 15 is 0 Å². The van der Waals surface area contributed by atoms with Gasteiger partial charge in [0.1, 0.15) is 11.2 Å². The lowest BCUT2D eigenvalue weighted by Crippen LogP contribution is -1.94. The van der Waals surface area contributed by atoms with Crippen molar-refractivity contribution in [1.82, 2.24) is 9.13 Å². The Morgan fingerprint density at radius 3 is 1.71 bits per heavy atom. The Balaban J connectivity index is 1.11. The van der Waals surface area contributed by atoms with E-state index in [1.54, 1.807) is 0 Å². The lowest BCUT2D eigenvalue weighted by atomic mass is 10.00. The molecule has 3 nitrogen and oxygen atoms in total. The van der Waals surface area contributed by atoms with Gasteiger partial charge in [-0.3, -0.25) is 0 Å². The largest absolute Gasteiger partial charge is 0.455 e. The maximum Gasteiger partial charge on any atom is 0.143 e. The summed E-state index contributed by atoms with van der Waals surface area (Å²) in [4.78, 5) is 0. The number of nitrogens with zero attached hydrogens (tertiary/aromatic N) is 2. The van der Waals surface area contributed by atoms with Crippen LogP contribution in [-0.4, -0.2) is 9.13 Å².